The van der Waals surface area contributed by atoms with Crippen LogP contribution in [0.3, 0.4) is 0 Å². The molecule has 2 unspecified atom stereocenters. The first-order valence-electron chi connectivity index (χ1n) is 4.72. The largest absolute Gasteiger partial charge is 0.351 e. The van der Waals surface area contributed by atoms with Gasteiger partial charge in [-0.25, -0.2) is 0 Å². The highest BCUT2D eigenvalue weighted by atomic mass is 79.9. The Hall–Kier alpha value is 0.400. The molecule has 0 saturated carbocycles. The van der Waals surface area contributed by atoms with E-state index in [4.69, 9.17) is 9.47 Å². The number of alkyl halides is 1. The second-order valence-corrected chi connectivity index (χ2v) is 4.30. The maximum absolute atomic E-state index is 5.57. The Balaban J connectivity index is 2.11. The number of rotatable bonds is 4. The summed E-state index contributed by atoms with van der Waals surface area (Å²) in [5.41, 5.74) is 0. The average Bonchev–Trinajstić information content (AvgIpc) is 2.09. The zero-order valence-electron chi connectivity index (χ0n) is 7.59. The van der Waals surface area contributed by atoms with Crippen LogP contribution in [-0.2, 0) is 9.47 Å². The van der Waals surface area contributed by atoms with Crippen molar-refractivity contribution >= 4 is 15.9 Å². The molecule has 1 aliphatic rings. The number of hydrogen-bond donors (Lipinski definition) is 0. The summed E-state index contributed by atoms with van der Waals surface area (Å²) in [6.45, 7) is 3.83. The van der Waals surface area contributed by atoms with Crippen LogP contribution >= 0.6 is 15.9 Å². The van der Waals surface area contributed by atoms with Crippen molar-refractivity contribution < 1.29 is 9.47 Å². The van der Waals surface area contributed by atoms with Crippen molar-refractivity contribution in [3.63, 3.8) is 0 Å². The molecule has 0 aliphatic carbocycles. The second-order valence-electron chi connectivity index (χ2n) is 3.12. The molecule has 0 radical (unpaired) electrons. The lowest BCUT2D eigenvalue weighted by Gasteiger charge is -2.27. The van der Waals surface area contributed by atoms with Crippen molar-refractivity contribution in [1.29, 1.82) is 0 Å². The monoisotopic (exact) mass is 236 g/mol. The Morgan fingerprint density at radius 1 is 1.58 bits per heavy atom. The lowest BCUT2D eigenvalue weighted by atomic mass is 10.2. The molecule has 0 bridgehead atoms. The van der Waals surface area contributed by atoms with Gasteiger partial charge in [-0.15, -0.1) is 0 Å². The summed E-state index contributed by atoms with van der Waals surface area (Å²) in [6, 6.07) is 0. The molecule has 1 aliphatic heterocycles. The Labute approximate surface area is 82.7 Å². The van der Waals surface area contributed by atoms with Gasteiger partial charge in [-0.1, -0.05) is 29.3 Å². The molecule has 1 fully saturated rings. The van der Waals surface area contributed by atoms with E-state index in [2.05, 4.69) is 22.9 Å². The summed E-state index contributed by atoms with van der Waals surface area (Å²) in [5, 5.41) is 0. The fourth-order valence-electron chi connectivity index (χ4n) is 1.21. The Morgan fingerprint density at radius 2 is 2.42 bits per heavy atom. The van der Waals surface area contributed by atoms with Crippen molar-refractivity contribution in [3.05, 3.63) is 0 Å². The Morgan fingerprint density at radius 3 is 3.08 bits per heavy atom. The van der Waals surface area contributed by atoms with E-state index >= 15 is 0 Å². The van der Waals surface area contributed by atoms with Crippen LogP contribution < -0.4 is 0 Å². The van der Waals surface area contributed by atoms with Crippen LogP contribution in [-0.4, -0.2) is 24.3 Å². The van der Waals surface area contributed by atoms with E-state index in [9.17, 15) is 0 Å². The topological polar surface area (TPSA) is 18.5 Å². The predicted octanol–water partition coefficient (Wildman–Crippen LogP) is 2.70. The quantitative estimate of drug-likeness (QED) is 0.552. The van der Waals surface area contributed by atoms with Gasteiger partial charge in [0, 0.05) is 13.2 Å². The second kappa shape index (κ2) is 5.95. The first kappa shape index (κ1) is 10.5. The fraction of sp³-hybridized carbons (Fsp3) is 1.00. The van der Waals surface area contributed by atoms with E-state index in [1.165, 1.54) is 6.42 Å². The zero-order valence-corrected chi connectivity index (χ0v) is 9.18. The molecule has 0 aromatic heterocycles. The van der Waals surface area contributed by atoms with Gasteiger partial charge < -0.3 is 9.47 Å². The highest BCUT2D eigenvalue weighted by molar-refractivity contribution is 9.09. The van der Waals surface area contributed by atoms with E-state index in [0.29, 0.717) is 4.83 Å². The molecule has 0 aromatic rings. The van der Waals surface area contributed by atoms with Crippen LogP contribution in [0.5, 0.6) is 0 Å². The Kier molecular flexibility index (Phi) is 5.19. The van der Waals surface area contributed by atoms with Crippen LogP contribution in [0.1, 0.15) is 32.6 Å². The highest BCUT2D eigenvalue weighted by Gasteiger charge is 2.23. The molecule has 12 heavy (non-hydrogen) atoms. The van der Waals surface area contributed by atoms with Crippen molar-refractivity contribution in [2.24, 2.45) is 0 Å². The third-order valence-corrected chi connectivity index (χ3v) is 2.87. The highest BCUT2D eigenvalue weighted by Crippen LogP contribution is 2.21. The van der Waals surface area contributed by atoms with Crippen LogP contribution in [0, 0.1) is 0 Å². The van der Waals surface area contributed by atoms with Crippen molar-refractivity contribution in [2.45, 2.75) is 43.7 Å². The lowest BCUT2D eigenvalue weighted by Crippen LogP contribution is -2.32. The molecule has 72 valence electrons. The van der Waals surface area contributed by atoms with Gasteiger partial charge in [0.1, 0.15) is 0 Å². The number of hydrogen-bond acceptors (Lipinski definition) is 2. The van der Waals surface area contributed by atoms with Crippen LogP contribution in [0.15, 0.2) is 0 Å². The molecule has 0 amide bonds. The SMILES string of the molecule is CCCCOC1OCCCC1Br. The third kappa shape index (κ3) is 3.42. The molecular formula is C9H17BrO2. The normalized spacial score (nSPS) is 30.5. The maximum atomic E-state index is 5.57. The minimum atomic E-state index is -0.00898. The lowest BCUT2D eigenvalue weighted by molar-refractivity contribution is -0.157. The maximum Gasteiger partial charge on any atom is 0.169 e. The molecule has 1 saturated heterocycles. The van der Waals surface area contributed by atoms with Crippen molar-refractivity contribution in [1.82, 2.24) is 0 Å². The van der Waals surface area contributed by atoms with Crippen LogP contribution in [0.25, 0.3) is 0 Å². The molecule has 0 N–H and O–H groups in total. The predicted molar refractivity (Wildman–Crippen MR) is 52.5 cm³/mol. The molecular weight excluding hydrogens is 220 g/mol. The van der Waals surface area contributed by atoms with E-state index in [1.807, 2.05) is 0 Å². The molecule has 2 nitrogen and oxygen atoms in total. The summed E-state index contributed by atoms with van der Waals surface area (Å²) >= 11 is 3.56. The van der Waals surface area contributed by atoms with E-state index in [-0.39, 0.29) is 6.29 Å². The van der Waals surface area contributed by atoms with Gasteiger partial charge in [0.05, 0.1) is 4.83 Å². The zero-order chi connectivity index (χ0) is 8.81. The number of halogens is 1. The van der Waals surface area contributed by atoms with Gasteiger partial charge in [-0.05, 0) is 19.3 Å². The first-order valence-corrected chi connectivity index (χ1v) is 5.63. The summed E-state index contributed by atoms with van der Waals surface area (Å²) < 4.78 is 11.0. The van der Waals surface area contributed by atoms with E-state index in [0.717, 1.165) is 32.5 Å². The fourth-order valence-corrected chi connectivity index (χ4v) is 1.84. The average molecular weight is 237 g/mol. The Bertz CT molecular complexity index is 119. The molecule has 0 aromatic carbocycles. The minimum Gasteiger partial charge on any atom is -0.351 e. The van der Waals surface area contributed by atoms with E-state index < -0.39 is 0 Å². The van der Waals surface area contributed by atoms with Gasteiger partial charge in [0.2, 0.25) is 0 Å². The summed E-state index contributed by atoms with van der Waals surface area (Å²) in [5.74, 6) is 0. The standard InChI is InChI=1S/C9H17BrO2/c1-2-3-6-11-9-8(10)5-4-7-12-9/h8-9H,2-7H2,1H3. The van der Waals surface area contributed by atoms with Gasteiger partial charge in [0.25, 0.3) is 0 Å². The molecule has 0 spiro atoms. The van der Waals surface area contributed by atoms with Crippen molar-refractivity contribution in [3.8, 4) is 0 Å². The smallest absolute Gasteiger partial charge is 0.169 e. The minimum absolute atomic E-state index is 0.00898. The molecule has 3 heteroatoms. The molecule has 1 rings (SSSR count). The summed E-state index contributed by atoms with van der Waals surface area (Å²) in [6.07, 6.45) is 4.60. The van der Waals surface area contributed by atoms with Crippen LogP contribution in [0.4, 0.5) is 0 Å². The van der Waals surface area contributed by atoms with Crippen LogP contribution in [0.2, 0.25) is 0 Å². The third-order valence-electron chi connectivity index (χ3n) is 1.98. The molecule has 1 heterocycles. The van der Waals surface area contributed by atoms with Crippen molar-refractivity contribution in [2.75, 3.05) is 13.2 Å². The van der Waals surface area contributed by atoms with Gasteiger partial charge >= 0.3 is 0 Å². The van der Waals surface area contributed by atoms with Gasteiger partial charge in [-0.3, -0.25) is 0 Å². The summed E-state index contributed by atoms with van der Waals surface area (Å²) in [7, 11) is 0. The van der Waals surface area contributed by atoms with Gasteiger partial charge in [-0.2, -0.15) is 0 Å². The number of ether oxygens (including phenoxy) is 2. The van der Waals surface area contributed by atoms with Gasteiger partial charge in [0.15, 0.2) is 6.29 Å². The van der Waals surface area contributed by atoms with E-state index in [1.54, 1.807) is 0 Å². The number of unbranched alkanes of at least 4 members (excludes halogenated alkanes) is 1. The summed E-state index contributed by atoms with van der Waals surface area (Å²) in [4.78, 5) is 0.392. The first-order chi connectivity index (χ1) is 5.84. The molecule has 2 atom stereocenters.